The highest BCUT2D eigenvalue weighted by Gasteiger charge is 2.26. The van der Waals surface area contributed by atoms with Crippen LogP contribution in [0.3, 0.4) is 0 Å². The molecule has 0 spiro atoms. The third-order valence-corrected chi connectivity index (χ3v) is 6.27. The zero-order valence-electron chi connectivity index (χ0n) is 17.1. The van der Waals surface area contributed by atoms with Gasteiger partial charge in [-0.2, -0.15) is 4.98 Å². The average Bonchev–Trinajstić information content (AvgIpc) is 2.72. The number of carbonyl (C=O) groups is 1. The lowest BCUT2D eigenvalue weighted by molar-refractivity contribution is 0.103. The molecule has 10 nitrogen and oxygen atoms in total. The number of nitrogens with zero attached hydrogens (tertiary/aromatic N) is 3. The smallest absolute Gasteiger partial charge is 0.224 e. The Morgan fingerprint density at radius 2 is 1.90 bits per heavy atom. The summed E-state index contributed by atoms with van der Waals surface area (Å²) in [5, 5.41) is 3.16. The molecule has 1 fully saturated rings. The third kappa shape index (κ3) is 4.79. The van der Waals surface area contributed by atoms with Gasteiger partial charge < -0.3 is 20.5 Å². The minimum Gasteiger partial charge on any atom is -0.497 e. The van der Waals surface area contributed by atoms with Gasteiger partial charge in [-0.25, -0.2) is 17.7 Å². The maximum absolute atomic E-state index is 13.0. The van der Waals surface area contributed by atoms with E-state index in [4.69, 9.17) is 15.2 Å². The molecule has 0 saturated carbocycles. The summed E-state index contributed by atoms with van der Waals surface area (Å²) in [6, 6.07) is 4.92. The van der Waals surface area contributed by atoms with Gasteiger partial charge in [-0.1, -0.05) is 0 Å². The van der Waals surface area contributed by atoms with Gasteiger partial charge in [0.1, 0.15) is 17.3 Å². The van der Waals surface area contributed by atoms with Crippen LogP contribution in [-0.4, -0.2) is 68.1 Å². The van der Waals surface area contributed by atoms with Gasteiger partial charge in [0.15, 0.2) is 0 Å². The first-order chi connectivity index (χ1) is 14.2. The third-order valence-electron chi connectivity index (χ3n) is 4.97. The van der Waals surface area contributed by atoms with Crippen molar-refractivity contribution in [2.45, 2.75) is 18.9 Å². The van der Waals surface area contributed by atoms with Crippen LogP contribution in [0, 0.1) is 0 Å². The average molecular weight is 436 g/mol. The second-order valence-electron chi connectivity index (χ2n) is 6.97. The fourth-order valence-corrected chi connectivity index (χ4v) is 4.16. The van der Waals surface area contributed by atoms with Crippen LogP contribution in [0.5, 0.6) is 11.5 Å². The van der Waals surface area contributed by atoms with Crippen molar-refractivity contribution in [1.82, 2.24) is 14.3 Å². The number of nitrogens with two attached hydrogens (primary N) is 1. The van der Waals surface area contributed by atoms with Crippen LogP contribution in [0.15, 0.2) is 24.4 Å². The maximum atomic E-state index is 13.0. The lowest BCUT2D eigenvalue weighted by atomic mass is 10.0. The minimum atomic E-state index is -3.18. The van der Waals surface area contributed by atoms with Crippen molar-refractivity contribution in [3.8, 4) is 11.5 Å². The number of methoxy groups -OCH3 is 2. The van der Waals surface area contributed by atoms with Crippen molar-refractivity contribution in [1.29, 1.82) is 0 Å². The SMILES string of the molecule is COc1ccc(OC)c(C(=O)c2cnc(NC3CCN(S(C)(=O)=O)CC3)nc2N)c1. The van der Waals surface area contributed by atoms with Crippen LogP contribution in [0.1, 0.15) is 28.8 Å². The summed E-state index contributed by atoms with van der Waals surface area (Å²) in [4.78, 5) is 21.4. The quantitative estimate of drug-likeness (QED) is 0.613. The van der Waals surface area contributed by atoms with E-state index in [0.717, 1.165) is 0 Å². The van der Waals surface area contributed by atoms with E-state index in [0.29, 0.717) is 48.9 Å². The molecular formula is C19H25N5O5S. The molecule has 162 valence electrons. The first kappa shape index (κ1) is 21.8. The zero-order valence-corrected chi connectivity index (χ0v) is 17.9. The molecule has 1 aromatic heterocycles. The molecule has 1 aromatic carbocycles. The number of carbonyl (C=O) groups excluding carboxylic acids is 1. The number of hydrogen-bond donors (Lipinski definition) is 2. The molecule has 0 amide bonds. The van der Waals surface area contributed by atoms with Crippen molar-refractivity contribution >= 4 is 27.6 Å². The molecule has 0 radical (unpaired) electrons. The Kier molecular flexibility index (Phi) is 6.42. The summed E-state index contributed by atoms with van der Waals surface area (Å²) in [6.45, 7) is 0.858. The van der Waals surface area contributed by atoms with E-state index in [1.807, 2.05) is 0 Å². The Balaban J connectivity index is 1.74. The molecule has 0 unspecified atom stereocenters. The molecule has 0 atom stereocenters. The summed E-state index contributed by atoms with van der Waals surface area (Å²) in [5.41, 5.74) is 6.48. The van der Waals surface area contributed by atoms with E-state index < -0.39 is 10.0 Å². The zero-order chi connectivity index (χ0) is 21.9. The van der Waals surface area contributed by atoms with Crippen LogP contribution in [0.4, 0.5) is 11.8 Å². The van der Waals surface area contributed by atoms with Crippen molar-refractivity contribution in [3.05, 3.63) is 35.5 Å². The van der Waals surface area contributed by atoms with E-state index in [2.05, 4.69) is 15.3 Å². The Bertz CT molecular complexity index is 1040. The number of nitrogens with one attached hydrogen (secondary N) is 1. The molecule has 2 heterocycles. The predicted octanol–water partition coefficient (Wildman–Crippen LogP) is 1.14. The first-order valence-corrected chi connectivity index (χ1v) is 11.2. The Hall–Kier alpha value is -2.92. The highest BCUT2D eigenvalue weighted by molar-refractivity contribution is 7.88. The second-order valence-corrected chi connectivity index (χ2v) is 8.95. The van der Waals surface area contributed by atoms with Gasteiger partial charge in [0.05, 0.1) is 31.6 Å². The molecule has 0 bridgehead atoms. The van der Waals surface area contributed by atoms with Gasteiger partial charge in [-0.05, 0) is 31.0 Å². The van der Waals surface area contributed by atoms with E-state index in [9.17, 15) is 13.2 Å². The fourth-order valence-electron chi connectivity index (χ4n) is 3.29. The number of anilines is 2. The van der Waals surface area contributed by atoms with Crippen LogP contribution in [-0.2, 0) is 10.0 Å². The molecule has 11 heteroatoms. The molecule has 3 rings (SSSR count). The Labute approximate surface area is 175 Å². The molecule has 1 aliphatic rings. The topological polar surface area (TPSA) is 137 Å². The summed E-state index contributed by atoms with van der Waals surface area (Å²) in [6.07, 6.45) is 3.82. The number of hydrogen-bond acceptors (Lipinski definition) is 9. The Morgan fingerprint density at radius 3 is 2.47 bits per heavy atom. The number of sulfonamides is 1. The van der Waals surface area contributed by atoms with Gasteiger partial charge >= 0.3 is 0 Å². The molecule has 1 saturated heterocycles. The van der Waals surface area contributed by atoms with Gasteiger partial charge in [-0.15, -0.1) is 0 Å². The number of rotatable bonds is 7. The molecule has 3 N–H and O–H groups in total. The van der Waals surface area contributed by atoms with Crippen LogP contribution >= 0.6 is 0 Å². The van der Waals surface area contributed by atoms with E-state index in [1.54, 1.807) is 18.2 Å². The van der Waals surface area contributed by atoms with Gasteiger partial charge in [-0.3, -0.25) is 4.79 Å². The largest absolute Gasteiger partial charge is 0.497 e. The summed E-state index contributed by atoms with van der Waals surface area (Å²) in [7, 11) is -0.203. The van der Waals surface area contributed by atoms with Crippen molar-refractivity contribution in [3.63, 3.8) is 0 Å². The second kappa shape index (κ2) is 8.84. The maximum Gasteiger partial charge on any atom is 0.224 e. The number of nitrogen functional groups attached to an aromatic ring is 1. The van der Waals surface area contributed by atoms with Crippen molar-refractivity contribution < 1.29 is 22.7 Å². The van der Waals surface area contributed by atoms with Crippen LogP contribution < -0.4 is 20.5 Å². The van der Waals surface area contributed by atoms with Crippen molar-refractivity contribution in [2.24, 2.45) is 0 Å². The predicted molar refractivity (Wildman–Crippen MR) is 112 cm³/mol. The van der Waals surface area contributed by atoms with Crippen LogP contribution in [0.25, 0.3) is 0 Å². The normalized spacial score (nSPS) is 15.6. The van der Waals surface area contributed by atoms with E-state index in [1.165, 1.54) is 31.0 Å². The molecular weight excluding hydrogens is 410 g/mol. The van der Waals surface area contributed by atoms with Crippen molar-refractivity contribution in [2.75, 3.05) is 44.6 Å². The lowest BCUT2D eigenvalue weighted by Crippen LogP contribution is -2.42. The molecule has 0 aliphatic carbocycles. The number of aromatic nitrogens is 2. The Morgan fingerprint density at radius 1 is 1.20 bits per heavy atom. The van der Waals surface area contributed by atoms with Gasteiger partial charge in [0.25, 0.3) is 0 Å². The van der Waals surface area contributed by atoms with Gasteiger partial charge in [0, 0.05) is 25.3 Å². The number of ether oxygens (including phenoxy) is 2. The van der Waals surface area contributed by atoms with Gasteiger partial charge in [0.2, 0.25) is 21.8 Å². The lowest BCUT2D eigenvalue weighted by Gasteiger charge is -2.30. The summed E-state index contributed by atoms with van der Waals surface area (Å²) >= 11 is 0. The summed E-state index contributed by atoms with van der Waals surface area (Å²) in [5.74, 6) is 0.851. The minimum absolute atomic E-state index is 0.0161. The van der Waals surface area contributed by atoms with E-state index in [-0.39, 0.29) is 23.2 Å². The first-order valence-electron chi connectivity index (χ1n) is 9.34. The highest BCUT2D eigenvalue weighted by atomic mass is 32.2. The number of benzene rings is 1. The number of piperidine rings is 1. The molecule has 1 aliphatic heterocycles. The standard InChI is InChI=1S/C19H25N5O5S/c1-28-13-4-5-16(29-2)14(10-13)17(25)15-11-21-19(23-18(15)20)22-12-6-8-24(9-7-12)30(3,26)27/h4-5,10-12H,6-9H2,1-3H3,(H3,20,21,22,23). The number of ketones is 1. The molecule has 30 heavy (non-hydrogen) atoms. The van der Waals surface area contributed by atoms with E-state index >= 15 is 0 Å². The summed E-state index contributed by atoms with van der Waals surface area (Å²) < 4.78 is 35.1. The highest BCUT2D eigenvalue weighted by Crippen LogP contribution is 2.28. The monoisotopic (exact) mass is 435 g/mol. The van der Waals surface area contributed by atoms with Crippen LogP contribution in [0.2, 0.25) is 0 Å². The molecule has 2 aromatic rings. The fraction of sp³-hybridized carbons (Fsp3) is 0.421.